The number of nitrogens with zero attached hydrogens (tertiary/aromatic N) is 2. The van der Waals surface area contributed by atoms with Crippen molar-refractivity contribution < 1.29 is 18.7 Å². The number of nitrogens with one attached hydrogen (secondary N) is 1. The lowest BCUT2D eigenvalue weighted by Gasteiger charge is -2.28. The number of hydrogen-bond acceptors (Lipinski definition) is 4. The Kier molecular flexibility index (Phi) is 10.5. The zero-order chi connectivity index (χ0) is 25.9. The molecule has 1 heterocycles. The number of aryl methyl sites for hydroxylation is 2. The SMILES string of the molecule is CCc1cccc(NC(=O)N(CCCOC)CC(=O)N(Cc2ccc(F)cc2)Cc2sccc2C)c1. The first-order valence-electron chi connectivity index (χ1n) is 12.1. The highest BCUT2D eigenvalue weighted by Crippen LogP contribution is 2.20. The molecule has 0 aliphatic carbocycles. The van der Waals surface area contributed by atoms with Gasteiger partial charge in [0.25, 0.3) is 0 Å². The van der Waals surface area contributed by atoms with Crippen molar-refractivity contribution in [2.75, 3.05) is 32.1 Å². The van der Waals surface area contributed by atoms with Gasteiger partial charge in [-0.05, 0) is 72.2 Å². The molecule has 0 atom stereocenters. The highest BCUT2D eigenvalue weighted by Gasteiger charge is 2.23. The number of benzene rings is 2. The third kappa shape index (κ3) is 8.17. The van der Waals surface area contributed by atoms with Crippen molar-refractivity contribution in [3.05, 3.63) is 87.4 Å². The molecule has 3 amide bonds. The predicted molar refractivity (Wildman–Crippen MR) is 143 cm³/mol. The Morgan fingerprint density at radius 1 is 1.03 bits per heavy atom. The summed E-state index contributed by atoms with van der Waals surface area (Å²) < 4.78 is 18.6. The van der Waals surface area contributed by atoms with Crippen molar-refractivity contribution >= 4 is 29.0 Å². The van der Waals surface area contributed by atoms with Crippen LogP contribution in [0.4, 0.5) is 14.9 Å². The summed E-state index contributed by atoms with van der Waals surface area (Å²) in [4.78, 5) is 31.1. The molecule has 3 aromatic rings. The number of methoxy groups -OCH3 is 1. The molecule has 0 bridgehead atoms. The number of amides is 3. The first-order chi connectivity index (χ1) is 17.4. The topological polar surface area (TPSA) is 61.9 Å². The Bertz CT molecular complexity index is 1130. The summed E-state index contributed by atoms with van der Waals surface area (Å²) in [7, 11) is 1.61. The summed E-state index contributed by atoms with van der Waals surface area (Å²) in [6.07, 6.45) is 1.47. The van der Waals surface area contributed by atoms with Gasteiger partial charge in [0.15, 0.2) is 0 Å². The second-order valence-corrected chi connectivity index (χ2v) is 9.66. The highest BCUT2D eigenvalue weighted by molar-refractivity contribution is 7.10. The van der Waals surface area contributed by atoms with Crippen molar-refractivity contribution in [3.63, 3.8) is 0 Å². The molecule has 0 unspecified atom stereocenters. The fourth-order valence-corrected chi connectivity index (χ4v) is 4.69. The van der Waals surface area contributed by atoms with Crippen LogP contribution in [-0.4, -0.2) is 48.5 Å². The van der Waals surface area contributed by atoms with Crippen LogP contribution in [0.5, 0.6) is 0 Å². The lowest BCUT2D eigenvalue weighted by Crippen LogP contribution is -2.44. The normalized spacial score (nSPS) is 10.8. The van der Waals surface area contributed by atoms with Crippen LogP contribution in [0, 0.1) is 12.7 Å². The minimum absolute atomic E-state index is 0.0748. The molecule has 0 saturated carbocycles. The van der Waals surface area contributed by atoms with Crippen molar-refractivity contribution in [3.8, 4) is 0 Å². The third-order valence-corrected chi connectivity index (χ3v) is 6.93. The maximum Gasteiger partial charge on any atom is 0.322 e. The van der Waals surface area contributed by atoms with E-state index in [0.29, 0.717) is 38.3 Å². The minimum Gasteiger partial charge on any atom is -0.385 e. The molecule has 2 aromatic carbocycles. The van der Waals surface area contributed by atoms with Gasteiger partial charge >= 0.3 is 6.03 Å². The highest BCUT2D eigenvalue weighted by atomic mass is 32.1. The maximum atomic E-state index is 13.6. The van der Waals surface area contributed by atoms with Gasteiger partial charge in [0, 0.05) is 37.4 Å². The van der Waals surface area contributed by atoms with Crippen LogP contribution >= 0.6 is 11.3 Å². The Balaban J connectivity index is 1.77. The van der Waals surface area contributed by atoms with Crippen LogP contribution in [0.25, 0.3) is 0 Å². The molecule has 1 aromatic heterocycles. The van der Waals surface area contributed by atoms with Crippen molar-refractivity contribution in [1.82, 2.24) is 9.80 Å². The molecule has 192 valence electrons. The summed E-state index contributed by atoms with van der Waals surface area (Å²) in [6.45, 7) is 5.60. The number of anilines is 1. The molecular weight excluding hydrogens is 477 g/mol. The quantitative estimate of drug-likeness (QED) is 0.310. The van der Waals surface area contributed by atoms with Gasteiger partial charge in [-0.15, -0.1) is 11.3 Å². The standard InChI is InChI=1S/C28H34FN3O3S/c1-4-22-7-5-8-25(17-22)30-28(34)31(14-6-15-35-3)20-27(33)32(19-26-21(2)13-16-36-26)18-23-9-11-24(29)12-10-23/h5,7-13,16-17H,4,6,14-15,18-20H2,1-3H3,(H,30,34). The van der Waals surface area contributed by atoms with Crippen LogP contribution in [0.3, 0.4) is 0 Å². The first kappa shape index (κ1) is 27.4. The largest absolute Gasteiger partial charge is 0.385 e. The van der Waals surface area contributed by atoms with Crippen molar-refractivity contribution in [1.29, 1.82) is 0 Å². The third-order valence-electron chi connectivity index (χ3n) is 5.92. The Morgan fingerprint density at radius 3 is 2.47 bits per heavy atom. The summed E-state index contributed by atoms with van der Waals surface area (Å²) in [6, 6.07) is 15.5. The fraction of sp³-hybridized carbons (Fsp3) is 0.357. The number of carbonyl (C=O) groups excluding carboxylic acids is 2. The molecule has 0 spiro atoms. The predicted octanol–water partition coefficient (Wildman–Crippen LogP) is 5.86. The van der Waals surface area contributed by atoms with Gasteiger partial charge in [0.2, 0.25) is 5.91 Å². The molecule has 0 aliphatic heterocycles. The van der Waals surface area contributed by atoms with Crippen LogP contribution in [0.15, 0.2) is 60.0 Å². The van der Waals surface area contributed by atoms with Gasteiger partial charge in [0.05, 0.1) is 6.54 Å². The van der Waals surface area contributed by atoms with Crippen LogP contribution < -0.4 is 5.32 Å². The average molecular weight is 512 g/mol. The van der Waals surface area contributed by atoms with E-state index in [0.717, 1.165) is 28.0 Å². The minimum atomic E-state index is -0.332. The number of carbonyl (C=O) groups is 2. The molecule has 0 radical (unpaired) electrons. The molecule has 6 nitrogen and oxygen atoms in total. The van der Waals surface area contributed by atoms with Gasteiger partial charge in [-0.2, -0.15) is 0 Å². The number of rotatable bonds is 12. The van der Waals surface area contributed by atoms with Gasteiger partial charge in [0.1, 0.15) is 12.4 Å². The summed E-state index contributed by atoms with van der Waals surface area (Å²) in [5, 5.41) is 4.93. The zero-order valence-electron chi connectivity index (χ0n) is 21.1. The Hall–Kier alpha value is -3.23. The van der Waals surface area contributed by atoms with E-state index in [1.807, 2.05) is 42.6 Å². The maximum absolute atomic E-state index is 13.6. The second-order valence-electron chi connectivity index (χ2n) is 8.66. The number of hydrogen-bond donors (Lipinski definition) is 1. The van der Waals surface area contributed by atoms with E-state index in [4.69, 9.17) is 4.74 Å². The van der Waals surface area contributed by atoms with Gasteiger partial charge in [-0.3, -0.25) is 4.79 Å². The van der Waals surface area contributed by atoms with Gasteiger partial charge in [-0.25, -0.2) is 9.18 Å². The summed E-state index contributed by atoms with van der Waals surface area (Å²) >= 11 is 1.59. The first-order valence-corrected chi connectivity index (χ1v) is 13.0. The van der Waals surface area contributed by atoms with Crippen molar-refractivity contribution in [2.24, 2.45) is 0 Å². The molecule has 0 fully saturated rings. The number of urea groups is 1. The Morgan fingerprint density at radius 2 is 1.81 bits per heavy atom. The summed E-state index contributed by atoms with van der Waals surface area (Å²) in [5.41, 5.74) is 3.75. The van der Waals surface area contributed by atoms with Crippen LogP contribution in [-0.2, 0) is 29.0 Å². The molecule has 36 heavy (non-hydrogen) atoms. The van der Waals surface area contributed by atoms with E-state index >= 15 is 0 Å². The molecule has 1 N–H and O–H groups in total. The fourth-order valence-electron chi connectivity index (χ4n) is 3.77. The van der Waals surface area contributed by atoms with Gasteiger partial charge in [-0.1, -0.05) is 31.2 Å². The van der Waals surface area contributed by atoms with E-state index in [2.05, 4.69) is 12.2 Å². The molecule has 0 aliphatic rings. The number of ether oxygens (including phenoxy) is 1. The lowest BCUT2D eigenvalue weighted by atomic mass is 10.1. The Labute approximate surface area is 216 Å². The van der Waals surface area contributed by atoms with Gasteiger partial charge < -0.3 is 19.9 Å². The van der Waals surface area contributed by atoms with Crippen LogP contribution in [0.1, 0.15) is 34.9 Å². The van der Waals surface area contributed by atoms with Crippen LogP contribution in [0.2, 0.25) is 0 Å². The summed E-state index contributed by atoms with van der Waals surface area (Å²) in [5.74, 6) is -0.499. The van der Waals surface area contributed by atoms with E-state index in [9.17, 15) is 14.0 Å². The number of halogens is 1. The second kappa shape index (κ2) is 13.8. The number of thiophene rings is 1. The molecule has 8 heteroatoms. The van der Waals surface area contributed by atoms with E-state index in [1.165, 1.54) is 17.0 Å². The average Bonchev–Trinajstić information content (AvgIpc) is 3.28. The smallest absolute Gasteiger partial charge is 0.322 e. The van der Waals surface area contributed by atoms with Crippen molar-refractivity contribution in [2.45, 2.75) is 39.8 Å². The monoisotopic (exact) mass is 511 g/mol. The molecule has 3 rings (SSSR count). The van der Waals surface area contributed by atoms with E-state index in [-0.39, 0.29) is 24.3 Å². The zero-order valence-corrected chi connectivity index (χ0v) is 21.9. The van der Waals surface area contributed by atoms with E-state index in [1.54, 1.807) is 35.5 Å². The molecular formula is C28H34FN3O3S. The van der Waals surface area contributed by atoms with E-state index < -0.39 is 0 Å². The lowest BCUT2D eigenvalue weighted by molar-refractivity contribution is -0.133. The molecule has 0 saturated heterocycles.